The van der Waals surface area contributed by atoms with Crippen molar-refractivity contribution in [2.75, 3.05) is 14.2 Å². The molecule has 1 N–H and O–H groups in total. The molecule has 0 radical (unpaired) electrons. The molecule has 0 aliphatic carbocycles. The number of ether oxygens (including phenoxy) is 2. The number of halogens is 1. The zero-order valence-electron chi connectivity index (χ0n) is 12.5. The molecule has 0 amide bonds. The minimum Gasteiger partial charge on any atom is -0.497 e. The Morgan fingerprint density at radius 1 is 1.10 bits per heavy atom. The molecule has 0 fully saturated rings. The van der Waals surface area contributed by atoms with Gasteiger partial charge >= 0.3 is 0 Å². The van der Waals surface area contributed by atoms with Crippen LogP contribution in [-0.4, -0.2) is 14.2 Å². The van der Waals surface area contributed by atoms with E-state index in [0.717, 1.165) is 27.6 Å². The molecule has 0 unspecified atom stereocenters. The van der Waals surface area contributed by atoms with Crippen LogP contribution in [0.5, 0.6) is 11.5 Å². The molecule has 0 aliphatic rings. The highest BCUT2D eigenvalue weighted by atomic mass is 35.5. The third-order valence-corrected chi connectivity index (χ3v) is 3.67. The molecule has 0 aromatic heterocycles. The van der Waals surface area contributed by atoms with Crippen molar-refractivity contribution in [3.05, 3.63) is 58.6 Å². The molecule has 3 nitrogen and oxygen atoms in total. The van der Waals surface area contributed by atoms with Gasteiger partial charge in [0, 0.05) is 23.2 Å². The van der Waals surface area contributed by atoms with Gasteiger partial charge in [0.25, 0.3) is 0 Å². The number of benzene rings is 2. The van der Waals surface area contributed by atoms with E-state index >= 15 is 0 Å². The van der Waals surface area contributed by atoms with Gasteiger partial charge in [-0.15, -0.1) is 0 Å². The predicted molar refractivity (Wildman–Crippen MR) is 86.3 cm³/mol. The molecule has 4 heteroatoms. The monoisotopic (exact) mass is 305 g/mol. The van der Waals surface area contributed by atoms with Gasteiger partial charge in [-0.25, -0.2) is 0 Å². The molecule has 0 aliphatic heterocycles. The Bertz CT molecular complexity index is 601. The van der Waals surface area contributed by atoms with E-state index < -0.39 is 0 Å². The molecular weight excluding hydrogens is 286 g/mol. The van der Waals surface area contributed by atoms with Gasteiger partial charge in [0.05, 0.1) is 14.2 Å². The first-order chi connectivity index (χ1) is 10.1. The van der Waals surface area contributed by atoms with Crippen LogP contribution in [0, 0.1) is 0 Å². The van der Waals surface area contributed by atoms with E-state index in [-0.39, 0.29) is 6.04 Å². The Hall–Kier alpha value is -1.71. The van der Waals surface area contributed by atoms with Crippen LogP contribution in [0.4, 0.5) is 0 Å². The average molecular weight is 306 g/mol. The van der Waals surface area contributed by atoms with Crippen molar-refractivity contribution >= 4 is 11.6 Å². The van der Waals surface area contributed by atoms with E-state index in [2.05, 4.69) is 18.3 Å². The molecule has 0 saturated heterocycles. The smallest absolute Gasteiger partial charge is 0.123 e. The number of hydrogen-bond acceptors (Lipinski definition) is 3. The van der Waals surface area contributed by atoms with Gasteiger partial charge in [0.15, 0.2) is 0 Å². The fourth-order valence-corrected chi connectivity index (χ4v) is 2.38. The normalized spacial score (nSPS) is 12.0. The van der Waals surface area contributed by atoms with E-state index in [1.807, 2.05) is 36.4 Å². The first-order valence-electron chi connectivity index (χ1n) is 6.83. The zero-order valence-corrected chi connectivity index (χ0v) is 13.3. The molecule has 21 heavy (non-hydrogen) atoms. The van der Waals surface area contributed by atoms with Crippen molar-refractivity contribution in [3.63, 3.8) is 0 Å². The maximum atomic E-state index is 6.03. The summed E-state index contributed by atoms with van der Waals surface area (Å²) in [6, 6.07) is 13.9. The second-order valence-corrected chi connectivity index (χ2v) is 5.27. The third-order valence-electron chi connectivity index (χ3n) is 3.43. The first kappa shape index (κ1) is 15.7. The summed E-state index contributed by atoms with van der Waals surface area (Å²) >= 11 is 6.03. The highest BCUT2D eigenvalue weighted by Crippen LogP contribution is 2.25. The summed E-state index contributed by atoms with van der Waals surface area (Å²) in [4.78, 5) is 0. The largest absolute Gasteiger partial charge is 0.497 e. The van der Waals surface area contributed by atoms with Crippen LogP contribution in [0.1, 0.15) is 24.1 Å². The summed E-state index contributed by atoms with van der Waals surface area (Å²) in [7, 11) is 3.33. The van der Waals surface area contributed by atoms with E-state index in [1.165, 1.54) is 0 Å². The topological polar surface area (TPSA) is 30.5 Å². The zero-order chi connectivity index (χ0) is 15.2. The second kappa shape index (κ2) is 7.34. The van der Waals surface area contributed by atoms with Crippen LogP contribution in [0.2, 0.25) is 5.02 Å². The van der Waals surface area contributed by atoms with Gasteiger partial charge in [-0.05, 0) is 42.8 Å². The minimum atomic E-state index is 0.194. The summed E-state index contributed by atoms with van der Waals surface area (Å²) in [5, 5.41) is 4.22. The third kappa shape index (κ3) is 4.13. The SMILES string of the molecule is COc1ccc(OC)c(CN[C@H](C)c2cccc(Cl)c2)c1. The summed E-state index contributed by atoms with van der Waals surface area (Å²) in [5.41, 5.74) is 2.22. The van der Waals surface area contributed by atoms with Crippen molar-refractivity contribution < 1.29 is 9.47 Å². The van der Waals surface area contributed by atoms with Crippen molar-refractivity contribution in [2.24, 2.45) is 0 Å². The van der Waals surface area contributed by atoms with Crippen LogP contribution in [0.25, 0.3) is 0 Å². The number of hydrogen-bond donors (Lipinski definition) is 1. The van der Waals surface area contributed by atoms with Crippen LogP contribution in [-0.2, 0) is 6.54 Å². The highest BCUT2D eigenvalue weighted by Gasteiger charge is 2.09. The molecule has 2 aromatic carbocycles. The molecule has 0 saturated carbocycles. The minimum absolute atomic E-state index is 0.194. The van der Waals surface area contributed by atoms with Crippen molar-refractivity contribution in [1.29, 1.82) is 0 Å². The first-order valence-corrected chi connectivity index (χ1v) is 7.21. The Balaban J connectivity index is 2.08. The lowest BCUT2D eigenvalue weighted by Gasteiger charge is -2.16. The Kier molecular flexibility index (Phi) is 5.48. The van der Waals surface area contributed by atoms with Crippen LogP contribution in [0.15, 0.2) is 42.5 Å². The molecule has 2 aromatic rings. The highest BCUT2D eigenvalue weighted by molar-refractivity contribution is 6.30. The molecule has 1 atom stereocenters. The van der Waals surface area contributed by atoms with E-state index in [1.54, 1.807) is 14.2 Å². The summed E-state index contributed by atoms with van der Waals surface area (Å²) < 4.78 is 10.6. The quantitative estimate of drug-likeness (QED) is 0.867. The number of rotatable bonds is 6. The second-order valence-electron chi connectivity index (χ2n) is 4.84. The van der Waals surface area contributed by atoms with Gasteiger partial charge < -0.3 is 14.8 Å². The van der Waals surface area contributed by atoms with E-state index in [0.29, 0.717) is 6.54 Å². The lowest BCUT2D eigenvalue weighted by molar-refractivity contribution is 0.395. The van der Waals surface area contributed by atoms with Crippen LogP contribution in [0.3, 0.4) is 0 Å². The molecular formula is C17H20ClNO2. The van der Waals surface area contributed by atoms with Crippen molar-refractivity contribution in [3.8, 4) is 11.5 Å². The standard InChI is InChI=1S/C17H20ClNO2/c1-12(13-5-4-6-15(18)9-13)19-11-14-10-16(20-2)7-8-17(14)21-3/h4-10,12,19H,11H2,1-3H3/t12-/m1/s1. The number of methoxy groups -OCH3 is 2. The molecule has 0 bridgehead atoms. The summed E-state index contributed by atoms with van der Waals surface area (Å²) in [6.45, 7) is 2.80. The van der Waals surface area contributed by atoms with Gasteiger partial charge in [0.2, 0.25) is 0 Å². The van der Waals surface area contributed by atoms with Gasteiger partial charge in [-0.1, -0.05) is 23.7 Å². The maximum absolute atomic E-state index is 6.03. The van der Waals surface area contributed by atoms with Gasteiger partial charge in [0.1, 0.15) is 11.5 Å². The maximum Gasteiger partial charge on any atom is 0.123 e. The Morgan fingerprint density at radius 3 is 2.57 bits per heavy atom. The van der Waals surface area contributed by atoms with E-state index in [9.17, 15) is 0 Å². The fraction of sp³-hybridized carbons (Fsp3) is 0.294. The fourth-order valence-electron chi connectivity index (χ4n) is 2.18. The lowest BCUT2D eigenvalue weighted by atomic mass is 10.1. The molecule has 112 valence electrons. The Morgan fingerprint density at radius 2 is 1.90 bits per heavy atom. The number of nitrogens with one attached hydrogen (secondary N) is 1. The Labute approximate surface area is 130 Å². The summed E-state index contributed by atoms with van der Waals surface area (Å²) in [5.74, 6) is 1.67. The van der Waals surface area contributed by atoms with Gasteiger partial charge in [-0.2, -0.15) is 0 Å². The lowest BCUT2D eigenvalue weighted by Crippen LogP contribution is -2.18. The molecule has 0 spiro atoms. The van der Waals surface area contributed by atoms with Crippen LogP contribution >= 0.6 is 11.6 Å². The molecule has 0 heterocycles. The van der Waals surface area contributed by atoms with Crippen LogP contribution < -0.4 is 14.8 Å². The van der Waals surface area contributed by atoms with Crippen molar-refractivity contribution in [1.82, 2.24) is 5.32 Å². The molecule has 2 rings (SSSR count). The van der Waals surface area contributed by atoms with Crippen molar-refractivity contribution in [2.45, 2.75) is 19.5 Å². The predicted octanol–water partition coefficient (Wildman–Crippen LogP) is 4.21. The average Bonchev–Trinajstić information content (AvgIpc) is 2.52. The van der Waals surface area contributed by atoms with Gasteiger partial charge in [-0.3, -0.25) is 0 Å². The van der Waals surface area contributed by atoms with E-state index in [4.69, 9.17) is 21.1 Å². The summed E-state index contributed by atoms with van der Waals surface area (Å²) in [6.07, 6.45) is 0.